The van der Waals surface area contributed by atoms with Crippen LogP contribution in [-0.4, -0.2) is 28.0 Å². The van der Waals surface area contributed by atoms with Gasteiger partial charge >= 0.3 is 5.97 Å². The number of carboxylic acids is 1. The summed E-state index contributed by atoms with van der Waals surface area (Å²) in [4.78, 5) is 28.2. The van der Waals surface area contributed by atoms with Crippen LogP contribution >= 0.6 is 11.3 Å². The van der Waals surface area contributed by atoms with E-state index in [1.54, 1.807) is 24.3 Å². The quantitative estimate of drug-likeness (QED) is 0.752. The van der Waals surface area contributed by atoms with Gasteiger partial charge in [0.2, 0.25) is 0 Å². The molecule has 7 heteroatoms. The van der Waals surface area contributed by atoms with Gasteiger partial charge in [-0.3, -0.25) is 4.79 Å². The molecule has 1 aromatic heterocycles. The molecule has 0 aliphatic heterocycles. The van der Waals surface area contributed by atoms with Crippen molar-refractivity contribution in [3.05, 3.63) is 45.9 Å². The predicted octanol–water partition coefficient (Wildman–Crippen LogP) is 3.26. The normalized spacial score (nSPS) is 12.0. The zero-order chi connectivity index (χ0) is 18.4. The number of carbonyl (C=O) groups is 2. The Morgan fingerprint density at radius 1 is 1.32 bits per heavy atom. The number of hydrogen-bond acceptors (Lipinski definition) is 5. The highest BCUT2D eigenvalue weighted by atomic mass is 32.1. The number of hydrogen-bond donors (Lipinski definition) is 2. The Morgan fingerprint density at radius 2 is 2.04 bits per heavy atom. The second-order valence-electron chi connectivity index (χ2n) is 6.14. The largest absolute Gasteiger partial charge is 0.486 e. The molecule has 0 spiro atoms. The predicted molar refractivity (Wildman–Crippen MR) is 96.0 cm³/mol. The van der Waals surface area contributed by atoms with Crippen molar-refractivity contribution in [3.8, 4) is 5.75 Å². The third-order valence-electron chi connectivity index (χ3n) is 3.48. The van der Waals surface area contributed by atoms with Crippen LogP contribution in [0.15, 0.2) is 29.6 Å². The first-order valence-corrected chi connectivity index (χ1v) is 8.91. The molecule has 0 bridgehead atoms. The van der Waals surface area contributed by atoms with Crippen LogP contribution in [-0.2, 0) is 11.4 Å². The van der Waals surface area contributed by atoms with E-state index in [0.29, 0.717) is 17.7 Å². The molecule has 25 heavy (non-hydrogen) atoms. The summed E-state index contributed by atoms with van der Waals surface area (Å²) in [6.07, 6.45) is 0.363. The minimum absolute atomic E-state index is 0.154. The van der Waals surface area contributed by atoms with Crippen molar-refractivity contribution < 1.29 is 19.4 Å². The van der Waals surface area contributed by atoms with Crippen LogP contribution < -0.4 is 10.1 Å². The Balaban J connectivity index is 2.09. The standard InChI is InChI=1S/C18H22N2O4S/c1-11(2)8-15(18(22)23)20-17(21)14-6-4-5-7-16(14)24-9-13-10-25-12(3)19-13/h4-7,10-11,15H,8-9H2,1-3H3,(H,20,21)(H,22,23)/t15-/m1/s1. The van der Waals surface area contributed by atoms with Gasteiger partial charge in [-0.05, 0) is 31.4 Å². The first kappa shape index (κ1) is 18.9. The number of rotatable bonds is 8. The van der Waals surface area contributed by atoms with E-state index in [1.165, 1.54) is 11.3 Å². The van der Waals surface area contributed by atoms with Gasteiger partial charge in [0.15, 0.2) is 0 Å². The first-order valence-electron chi connectivity index (χ1n) is 8.03. The molecule has 2 N–H and O–H groups in total. The van der Waals surface area contributed by atoms with Gasteiger partial charge in [0, 0.05) is 5.38 Å². The highest BCUT2D eigenvalue weighted by Crippen LogP contribution is 2.20. The van der Waals surface area contributed by atoms with Crippen molar-refractivity contribution >= 4 is 23.2 Å². The van der Waals surface area contributed by atoms with Crippen LogP contribution in [0.25, 0.3) is 0 Å². The monoisotopic (exact) mass is 362 g/mol. The molecule has 0 aliphatic rings. The molecule has 134 valence electrons. The van der Waals surface area contributed by atoms with E-state index in [1.807, 2.05) is 26.2 Å². The molecule has 0 fully saturated rings. The van der Waals surface area contributed by atoms with E-state index < -0.39 is 17.9 Å². The van der Waals surface area contributed by atoms with E-state index >= 15 is 0 Å². The van der Waals surface area contributed by atoms with Crippen LogP contribution in [0, 0.1) is 12.8 Å². The number of benzene rings is 1. The molecular formula is C18H22N2O4S. The summed E-state index contributed by atoms with van der Waals surface area (Å²) in [5.41, 5.74) is 1.10. The van der Waals surface area contributed by atoms with E-state index in [0.717, 1.165) is 10.7 Å². The SMILES string of the molecule is Cc1nc(COc2ccccc2C(=O)N[C@H](CC(C)C)C(=O)O)cs1. The highest BCUT2D eigenvalue weighted by Gasteiger charge is 2.23. The van der Waals surface area contributed by atoms with Gasteiger partial charge in [-0.15, -0.1) is 11.3 Å². The molecule has 0 saturated heterocycles. The van der Waals surface area contributed by atoms with Crippen LogP contribution in [0.3, 0.4) is 0 Å². The molecule has 2 aromatic rings. The average molecular weight is 362 g/mol. The summed E-state index contributed by atoms with van der Waals surface area (Å²) in [6, 6.07) is 5.85. The highest BCUT2D eigenvalue weighted by molar-refractivity contribution is 7.09. The Morgan fingerprint density at radius 3 is 2.64 bits per heavy atom. The Bertz CT molecular complexity index is 742. The Hall–Kier alpha value is -2.41. The van der Waals surface area contributed by atoms with Gasteiger partial charge in [-0.2, -0.15) is 0 Å². The van der Waals surface area contributed by atoms with Crippen molar-refractivity contribution in [1.29, 1.82) is 0 Å². The van der Waals surface area contributed by atoms with Crippen molar-refractivity contribution in [2.75, 3.05) is 0 Å². The zero-order valence-electron chi connectivity index (χ0n) is 14.5. The average Bonchev–Trinajstić information content (AvgIpc) is 2.97. The van der Waals surface area contributed by atoms with Gasteiger partial charge < -0.3 is 15.2 Å². The van der Waals surface area contributed by atoms with Gasteiger partial charge in [0.25, 0.3) is 5.91 Å². The molecule has 2 rings (SSSR count). The van der Waals surface area contributed by atoms with Crippen LogP contribution in [0.1, 0.15) is 41.3 Å². The molecule has 1 heterocycles. The molecular weight excluding hydrogens is 340 g/mol. The lowest BCUT2D eigenvalue weighted by molar-refractivity contribution is -0.139. The number of nitrogens with zero attached hydrogens (tertiary/aromatic N) is 1. The summed E-state index contributed by atoms with van der Waals surface area (Å²) < 4.78 is 5.72. The lowest BCUT2D eigenvalue weighted by Gasteiger charge is -2.17. The molecule has 6 nitrogen and oxygen atoms in total. The minimum Gasteiger partial charge on any atom is -0.486 e. The van der Waals surface area contributed by atoms with Crippen molar-refractivity contribution in [2.45, 2.75) is 39.8 Å². The van der Waals surface area contributed by atoms with Crippen LogP contribution in [0.4, 0.5) is 0 Å². The third kappa shape index (κ3) is 5.56. The van der Waals surface area contributed by atoms with Crippen LogP contribution in [0.5, 0.6) is 5.75 Å². The van der Waals surface area contributed by atoms with Crippen molar-refractivity contribution in [2.24, 2.45) is 5.92 Å². The number of para-hydroxylation sites is 1. The fourth-order valence-electron chi connectivity index (χ4n) is 2.34. The summed E-state index contributed by atoms with van der Waals surface area (Å²) in [7, 11) is 0. The second-order valence-corrected chi connectivity index (χ2v) is 7.20. The Labute approximate surface area is 150 Å². The lowest BCUT2D eigenvalue weighted by atomic mass is 10.0. The molecule has 0 unspecified atom stereocenters. The fraction of sp³-hybridized carbons (Fsp3) is 0.389. The fourth-order valence-corrected chi connectivity index (χ4v) is 2.93. The van der Waals surface area contributed by atoms with Gasteiger partial charge in [-0.1, -0.05) is 26.0 Å². The summed E-state index contributed by atoms with van der Waals surface area (Å²) in [5, 5.41) is 14.7. The Kier molecular flexibility index (Phi) is 6.52. The summed E-state index contributed by atoms with van der Waals surface area (Å²) in [5.74, 6) is -0.948. The molecule has 1 aromatic carbocycles. The van der Waals surface area contributed by atoms with Gasteiger partial charge in [0.1, 0.15) is 18.4 Å². The smallest absolute Gasteiger partial charge is 0.326 e. The maximum absolute atomic E-state index is 12.5. The third-order valence-corrected chi connectivity index (χ3v) is 4.31. The van der Waals surface area contributed by atoms with Crippen molar-refractivity contribution in [1.82, 2.24) is 10.3 Å². The molecule has 0 aliphatic carbocycles. The molecule has 1 amide bonds. The summed E-state index contributed by atoms with van der Waals surface area (Å²) >= 11 is 1.53. The zero-order valence-corrected chi connectivity index (χ0v) is 15.3. The number of carboxylic acid groups (broad SMARTS) is 1. The number of aliphatic carboxylic acids is 1. The van der Waals surface area contributed by atoms with E-state index in [4.69, 9.17) is 4.74 Å². The lowest BCUT2D eigenvalue weighted by Crippen LogP contribution is -2.41. The number of aromatic nitrogens is 1. The molecule has 0 saturated carbocycles. The number of ether oxygens (including phenoxy) is 1. The maximum atomic E-state index is 12.5. The van der Waals surface area contributed by atoms with Crippen molar-refractivity contribution in [3.63, 3.8) is 0 Å². The maximum Gasteiger partial charge on any atom is 0.326 e. The second kappa shape index (κ2) is 8.62. The first-order chi connectivity index (χ1) is 11.9. The van der Waals surface area contributed by atoms with E-state index in [9.17, 15) is 14.7 Å². The number of thiazole rings is 1. The molecule has 1 atom stereocenters. The minimum atomic E-state index is -1.04. The number of aryl methyl sites for hydroxylation is 1. The summed E-state index contributed by atoms with van der Waals surface area (Å²) in [6.45, 7) is 5.99. The number of carbonyl (C=O) groups excluding carboxylic acids is 1. The van der Waals surface area contributed by atoms with Gasteiger partial charge in [0.05, 0.1) is 16.3 Å². The van der Waals surface area contributed by atoms with E-state index in [-0.39, 0.29) is 12.5 Å². The molecule has 0 radical (unpaired) electrons. The number of nitrogens with one attached hydrogen (secondary N) is 1. The van der Waals surface area contributed by atoms with Gasteiger partial charge in [-0.25, -0.2) is 9.78 Å². The van der Waals surface area contributed by atoms with Crippen LogP contribution in [0.2, 0.25) is 0 Å². The topological polar surface area (TPSA) is 88.5 Å². The number of amides is 1. The van der Waals surface area contributed by atoms with E-state index in [2.05, 4.69) is 10.3 Å².